The van der Waals surface area contributed by atoms with Crippen LogP contribution in [0.5, 0.6) is 0 Å². The molecule has 6 nitrogen and oxygen atoms in total. The minimum absolute atomic E-state index is 0.109. The number of imidazole rings is 1. The van der Waals surface area contributed by atoms with Crippen molar-refractivity contribution in [3.8, 4) is 0 Å². The molecule has 0 atom stereocenters. The van der Waals surface area contributed by atoms with Gasteiger partial charge in [0, 0.05) is 56.6 Å². The van der Waals surface area contributed by atoms with Crippen molar-refractivity contribution in [2.75, 3.05) is 26.2 Å². The topological polar surface area (TPSA) is 58.4 Å². The van der Waals surface area contributed by atoms with E-state index in [-0.39, 0.29) is 17.4 Å². The van der Waals surface area contributed by atoms with Crippen LogP contribution in [0.15, 0.2) is 36.9 Å². The lowest BCUT2D eigenvalue weighted by molar-refractivity contribution is -0.138. The average molecular weight is 402 g/mol. The lowest BCUT2D eigenvalue weighted by atomic mass is 9.93. The highest BCUT2D eigenvalue weighted by molar-refractivity contribution is 5.94. The van der Waals surface area contributed by atoms with E-state index in [9.17, 15) is 18.4 Å². The standard InChI is InChI=1S/C21H24F2N4O2/c22-16-1-2-18(19(23)13-16)21(29)26-8-3-15(4-9-26)20(28)25-10-5-17(6-11-25)27-12-7-24-14-27/h1-2,7,12-15,17H,3-6,8-11H2. The number of amides is 2. The number of aromatic nitrogens is 2. The van der Waals surface area contributed by atoms with Crippen molar-refractivity contribution in [2.45, 2.75) is 31.7 Å². The molecule has 2 aliphatic heterocycles. The first-order valence-electron chi connectivity index (χ1n) is 10.0. The van der Waals surface area contributed by atoms with Crippen LogP contribution in [-0.2, 0) is 4.79 Å². The molecule has 1 aromatic heterocycles. The first-order valence-corrected chi connectivity index (χ1v) is 10.0. The second-order valence-electron chi connectivity index (χ2n) is 7.76. The number of halogens is 2. The van der Waals surface area contributed by atoms with Gasteiger partial charge in [0.05, 0.1) is 11.9 Å². The number of hydrogen-bond donors (Lipinski definition) is 0. The lowest BCUT2D eigenvalue weighted by Gasteiger charge is -2.37. The Labute approximate surface area is 168 Å². The van der Waals surface area contributed by atoms with Crippen molar-refractivity contribution in [3.63, 3.8) is 0 Å². The molecule has 0 saturated carbocycles. The highest BCUT2D eigenvalue weighted by Gasteiger charge is 2.33. The molecule has 4 rings (SSSR count). The summed E-state index contributed by atoms with van der Waals surface area (Å²) in [5.74, 6) is -1.97. The fourth-order valence-electron chi connectivity index (χ4n) is 4.29. The highest BCUT2D eigenvalue weighted by Crippen LogP contribution is 2.27. The normalized spacial score (nSPS) is 18.8. The summed E-state index contributed by atoms with van der Waals surface area (Å²) < 4.78 is 29.0. The third-order valence-electron chi connectivity index (χ3n) is 6.02. The van der Waals surface area contributed by atoms with Gasteiger partial charge in [-0.05, 0) is 37.8 Å². The average Bonchev–Trinajstić information content (AvgIpc) is 3.28. The maximum atomic E-state index is 13.9. The summed E-state index contributed by atoms with van der Waals surface area (Å²) in [6, 6.07) is 3.36. The summed E-state index contributed by atoms with van der Waals surface area (Å²) in [4.78, 5) is 33.0. The predicted molar refractivity (Wildman–Crippen MR) is 102 cm³/mol. The molecule has 8 heteroatoms. The van der Waals surface area contributed by atoms with Gasteiger partial charge in [0.15, 0.2) is 0 Å². The van der Waals surface area contributed by atoms with E-state index in [1.165, 1.54) is 6.07 Å². The van der Waals surface area contributed by atoms with Crippen LogP contribution in [0.4, 0.5) is 8.78 Å². The Kier molecular flexibility index (Phi) is 5.60. The predicted octanol–water partition coefficient (Wildman–Crippen LogP) is 2.88. The molecule has 0 spiro atoms. The number of piperidine rings is 2. The van der Waals surface area contributed by atoms with E-state index in [1.54, 1.807) is 11.1 Å². The van der Waals surface area contributed by atoms with Crippen molar-refractivity contribution in [2.24, 2.45) is 5.92 Å². The SMILES string of the molecule is O=C(c1ccc(F)cc1F)N1CCC(C(=O)N2CCC(n3ccnc3)CC2)CC1. The van der Waals surface area contributed by atoms with Crippen molar-refractivity contribution in [3.05, 3.63) is 54.1 Å². The number of benzene rings is 1. The van der Waals surface area contributed by atoms with E-state index in [2.05, 4.69) is 9.55 Å². The van der Waals surface area contributed by atoms with Gasteiger partial charge in [0.2, 0.25) is 5.91 Å². The van der Waals surface area contributed by atoms with E-state index >= 15 is 0 Å². The Morgan fingerprint density at radius 1 is 0.966 bits per heavy atom. The van der Waals surface area contributed by atoms with Gasteiger partial charge in [-0.1, -0.05) is 0 Å². The summed E-state index contributed by atoms with van der Waals surface area (Å²) in [5, 5.41) is 0. The molecule has 2 aromatic rings. The van der Waals surface area contributed by atoms with E-state index in [0.29, 0.717) is 32.0 Å². The third-order valence-corrected chi connectivity index (χ3v) is 6.02. The molecule has 2 fully saturated rings. The Balaban J connectivity index is 1.29. The second-order valence-corrected chi connectivity index (χ2v) is 7.76. The van der Waals surface area contributed by atoms with Crippen molar-refractivity contribution in [1.29, 1.82) is 0 Å². The van der Waals surface area contributed by atoms with Crippen LogP contribution in [0.1, 0.15) is 42.1 Å². The summed E-state index contributed by atoms with van der Waals surface area (Å²) >= 11 is 0. The van der Waals surface area contributed by atoms with E-state index < -0.39 is 17.5 Å². The molecular weight excluding hydrogens is 378 g/mol. The van der Waals surface area contributed by atoms with Gasteiger partial charge in [-0.3, -0.25) is 9.59 Å². The van der Waals surface area contributed by atoms with Crippen LogP contribution in [-0.4, -0.2) is 57.3 Å². The minimum Gasteiger partial charge on any atom is -0.342 e. The zero-order valence-corrected chi connectivity index (χ0v) is 16.1. The fraction of sp³-hybridized carbons (Fsp3) is 0.476. The molecule has 0 unspecified atom stereocenters. The maximum absolute atomic E-state index is 13.9. The number of carbonyl (C=O) groups is 2. The van der Waals surface area contributed by atoms with E-state index in [0.717, 1.165) is 38.1 Å². The molecular formula is C21H24F2N4O2. The number of rotatable bonds is 3. The van der Waals surface area contributed by atoms with Gasteiger partial charge in [0.1, 0.15) is 11.6 Å². The molecule has 29 heavy (non-hydrogen) atoms. The zero-order chi connectivity index (χ0) is 20.4. The number of likely N-dealkylation sites (tertiary alicyclic amines) is 2. The first kappa shape index (κ1) is 19.5. The van der Waals surface area contributed by atoms with Crippen molar-refractivity contribution in [1.82, 2.24) is 19.4 Å². The molecule has 0 radical (unpaired) electrons. The molecule has 2 aliphatic rings. The second kappa shape index (κ2) is 8.31. The molecule has 0 N–H and O–H groups in total. The molecule has 2 amide bonds. The van der Waals surface area contributed by atoms with Crippen LogP contribution in [0.25, 0.3) is 0 Å². The largest absolute Gasteiger partial charge is 0.342 e. The fourth-order valence-corrected chi connectivity index (χ4v) is 4.29. The molecule has 154 valence electrons. The Morgan fingerprint density at radius 3 is 2.28 bits per heavy atom. The van der Waals surface area contributed by atoms with Gasteiger partial charge in [-0.25, -0.2) is 13.8 Å². The van der Waals surface area contributed by atoms with Gasteiger partial charge < -0.3 is 14.4 Å². The van der Waals surface area contributed by atoms with Crippen LogP contribution in [0.2, 0.25) is 0 Å². The molecule has 3 heterocycles. The third kappa shape index (κ3) is 4.16. The molecule has 2 saturated heterocycles. The van der Waals surface area contributed by atoms with E-state index in [1.807, 2.05) is 17.4 Å². The zero-order valence-electron chi connectivity index (χ0n) is 16.1. The number of hydrogen-bond acceptors (Lipinski definition) is 3. The monoisotopic (exact) mass is 402 g/mol. The minimum atomic E-state index is -0.853. The molecule has 1 aromatic carbocycles. The lowest BCUT2D eigenvalue weighted by Crippen LogP contribution is -2.46. The molecule has 0 bridgehead atoms. The van der Waals surface area contributed by atoms with Crippen molar-refractivity contribution >= 4 is 11.8 Å². The summed E-state index contributed by atoms with van der Waals surface area (Å²) in [6.07, 6.45) is 8.48. The van der Waals surface area contributed by atoms with Crippen molar-refractivity contribution < 1.29 is 18.4 Å². The first-order chi connectivity index (χ1) is 14.0. The number of carbonyl (C=O) groups excluding carboxylic acids is 2. The van der Waals surface area contributed by atoms with Crippen LogP contribution in [0, 0.1) is 17.6 Å². The van der Waals surface area contributed by atoms with E-state index in [4.69, 9.17) is 0 Å². The Hall–Kier alpha value is -2.77. The quantitative estimate of drug-likeness (QED) is 0.793. The summed E-state index contributed by atoms with van der Waals surface area (Å²) in [5.41, 5.74) is -0.127. The summed E-state index contributed by atoms with van der Waals surface area (Å²) in [7, 11) is 0. The Morgan fingerprint density at radius 2 is 1.66 bits per heavy atom. The van der Waals surface area contributed by atoms with Crippen LogP contribution >= 0.6 is 0 Å². The van der Waals surface area contributed by atoms with Crippen LogP contribution < -0.4 is 0 Å². The highest BCUT2D eigenvalue weighted by atomic mass is 19.1. The van der Waals surface area contributed by atoms with Crippen LogP contribution in [0.3, 0.4) is 0 Å². The van der Waals surface area contributed by atoms with Gasteiger partial charge in [-0.15, -0.1) is 0 Å². The van der Waals surface area contributed by atoms with Gasteiger partial charge in [-0.2, -0.15) is 0 Å². The molecule has 0 aliphatic carbocycles. The Bertz CT molecular complexity index is 871. The summed E-state index contributed by atoms with van der Waals surface area (Å²) in [6.45, 7) is 2.25. The van der Waals surface area contributed by atoms with Gasteiger partial charge >= 0.3 is 0 Å². The maximum Gasteiger partial charge on any atom is 0.256 e. The smallest absolute Gasteiger partial charge is 0.256 e. The van der Waals surface area contributed by atoms with Gasteiger partial charge in [0.25, 0.3) is 5.91 Å². The number of nitrogens with zero attached hydrogens (tertiary/aromatic N) is 4.